The summed E-state index contributed by atoms with van der Waals surface area (Å²) < 4.78 is 1.82. The van der Waals surface area contributed by atoms with Crippen molar-refractivity contribution in [1.82, 2.24) is 14.4 Å². The summed E-state index contributed by atoms with van der Waals surface area (Å²) in [6, 6.07) is 6.38. The zero-order chi connectivity index (χ0) is 24.6. The van der Waals surface area contributed by atoms with Crippen molar-refractivity contribution in [3.8, 4) is 5.69 Å². The Hall–Kier alpha value is -3.11. The van der Waals surface area contributed by atoms with E-state index >= 15 is 0 Å². The Morgan fingerprint density at radius 3 is 2.56 bits per heavy atom. The molecule has 0 unspecified atom stereocenters. The molecule has 0 aliphatic carbocycles. The highest BCUT2D eigenvalue weighted by atomic mass is 35.5. The van der Waals surface area contributed by atoms with Crippen molar-refractivity contribution in [2.24, 2.45) is 0 Å². The number of carbonyl (C=O) groups excluding carboxylic acids is 3. The van der Waals surface area contributed by atoms with E-state index < -0.39 is 16.1 Å². The van der Waals surface area contributed by atoms with Gasteiger partial charge in [0.05, 0.1) is 15.5 Å². The fraction of sp³-hybridized carbons (Fsp3) is 0.348. The Morgan fingerprint density at radius 2 is 1.88 bits per heavy atom. The first-order chi connectivity index (χ1) is 16.2. The van der Waals surface area contributed by atoms with Gasteiger partial charge in [0.2, 0.25) is 5.91 Å². The maximum absolute atomic E-state index is 12.9. The lowest BCUT2D eigenvalue weighted by Gasteiger charge is -2.27. The van der Waals surface area contributed by atoms with Crippen molar-refractivity contribution in [2.45, 2.75) is 33.1 Å². The van der Waals surface area contributed by atoms with Gasteiger partial charge in [-0.15, -0.1) is 0 Å². The van der Waals surface area contributed by atoms with Gasteiger partial charge in [-0.2, -0.15) is 0 Å². The molecule has 9 nitrogen and oxygen atoms in total. The molecule has 11 heteroatoms. The monoisotopic (exact) mass is 502 g/mol. The van der Waals surface area contributed by atoms with Gasteiger partial charge >= 0.3 is 0 Å². The molecule has 2 fully saturated rings. The summed E-state index contributed by atoms with van der Waals surface area (Å²) >= 11 is 6.75. The average Bonchev–Trinajstić information content (AvgIpc) is 3.23. The minimum atomic E-state index is -0.540. The summed E-state index contributed by atoms with van der Waals surface area (Å²) in [4.78, 5) is 51.6. The zero-order valence-electron chi connectivity index (χ0n) is 18.7. The van der Waals surface area contributed by atoms with Crippen LogP contribution in [-0.2, 0) is 9.59 Å². The number of piperidine rings is 1. The molecule has 1 aromatic heterocycles. The minimum Gasteiger partial charge on any atom is -0.341 e. The number of hydrogen-bond acceptors (Lipinski definition) is 6. The van der Waals surface area contributed by atoms with Crippen LogP contribution in [0.2, 0.25) is 5.02 Å². The number of rotatable bonds is 5. The van der Waals surface area contributed by atoms with Crippen LogP contribution >= 0.6 is 23.4 Å². The molecule has 0 bridgehead atoms. The van der Waals surface area contributed by atoms with Gasteiger partial charge in [-0.3, -0.25) is 29.4 Å². The van der Waals surface area contributed by atoms with E-state index in [0.29, 0.717) is 24.3 Å². The number of nitro benzene ring substituents is 1. The third-order valence-electron chi connectivity index (χ3n) is 6.02. The Balaban J connectivity index is 1.58. The highest BCUT2D eigenvalue weighted by Crippen LogP contribution is 2.34. The van der Waals surface area contributed by atoms with Crippen molar-refractivity contribution in [3.05, 3.63) is 61.3 Å². The number of amides is 3. The molecule has 0 N–H and O–H groups in total. The third-order valence-corrected chi connectivity index (χ3v) is 7.24. The fourth-order valence-corrected chi connectivity index (χ4v) is 5.28. The van der Waals surface area contributed by atoms with Gasteiger partial charge in [0.15, 0.2) is 0 Å². The van der Waals surface area contributed by atoms with Crippen LogP contribution < -0.4 is 0 Å². The molecule has 2 aliphatic heterocycles. The van der Waals surface area contributed by atoms with Gasteiger partial charge in [-0.05, 0) is 74.7 Å². The quantitative estimate of drug-likeness (QED) is 0.333. The summed E-state index contributed by atoms with van der Waals surface area (Å²) in [5.74, 6) is -0.710. The number of nitrogens with zero attached hydrogens (tertiary/aromatic N) is 4. The second-order valence-corrected chi connectivity index (χ2v) is 9.66. The van der Waals surface area contributed by atoms with Gasteiger partial charge < -0.3 is 9.47 Å². The molecule has 3 amide bonds. The summed E-state index contributed by atoms with van der Waals surface area (Å²) in [6.45, 7) is 4.71. The van der Waals surface area contributed by atoms with Gasteiger partial charge in [0.1, 0.15) is 11.6 Å². The largest absolute Gasteiger partial charge is 0.341 e. The van der Waals surface area contributed by atoms with Crippen LogP contribution in [0.25, 0.3) is 11.8 Å². The first-order valence-electron chi connectivity index (χ1n) is 10.8. The lowest BCUT2D eigenvalue weighted by atomic mass is 10.1. The van der Waals surface area contributed by atoms with E-state index in [1.165, 1.54) is 12.1 Å². The van der Waals surface area contributed by atoms with E-state index in [2.05, 4.69) is 0 Å². The van der Waals surface area contributed by atoms with Crippen LogP contribution in [0.5, 0.6) is 0 Å². The molecule has 0 saturated carbocycles. The normalized spacial score (nSPS) is 17.7. The third kappa shape index (κ3) is 4.60. The van der Waals surface area contributed by atoms with Gasteiger partial charge in [0.25, 0.3) is 16.8 Å². The number of carbonyl (C=O) groups is 3. The number of halogens is 1. The van der Waals surface area contributed by atoms with E-state index in [-0.39, 0.29) is 28.1 Å². The molecule has 0 spiro atoms. The number of nitro groups is 1. The summed E-state index contributed by atoms with van der Waals surface area (Å²) in [6.07, 6.45) is 4.56. The molecule has 178 valence electrons. The molecule has 2 aliphatic rings. The predicted molar refractivity (Wildman–Crippen MR) is 130 cm³/mol. The smallest absolute Gasteiger partial charge is 0.294 e. The first kappa shape index (κ1) is 24.0. The second kappa shape index (κ2) is 9.63. The standard InChI is InChI=1S/C23H23ClN4O5S/c1-14-10-16(15(2)27(14)17-6-7-18(24)19(12-17)28(32)33)11-20-22(30)26(23(31)34-20)13-21(29)25-8-4-3-5-9-25/h6-7,10-12H,3-5,8-9,13H2,1-2H3/b20-11-. The second-order valence-electron chi connectivity index (χ2n) is 8.26. The average molecular weight is 503 g/mol. The van der Waals surface area contributed by atoms with E-state index in [9.17, 15) is 24.5 Å². The van der Waals surface area contributed by atoms with E-state index in [1.807, 2.05) is 24.5 Å². The van der Waals surface area contributed by atoms with Crippen LogP contribution in [0.1, 0.15) is 36.2 Å². The van der Waals surface area contributed by atoms with Crippen LogP contribution in [0.15, 0.2) is 29.2 Å². The lowest BCUT2D eigenvalue weighted by molar-refractivity contribution is -0.384. The number of benzene rings is 1. The SMILES string of the molecule is Cc1cc(/C=C2\SC(=O)N(CC(=O)N3CCCCC3)C2=O)c(C)n1-c1ccc(Cl)c([N+](=O)[O-])c1. The van der Waals surface area contributed by atoms with Crippen LogP contribution in [0.4, 0.5) is 10.5 Å². The van der Waals surface area contributed by atoms with Crippen molar-refractivity contribution in [2.75, 3.05) is 19.6 Å². The Morgan fingerprint density at radius 1 is 1.18 bits per heavy atom. The number of likely N-dealkylation sites (tertiary alicyclic amines) is 1. The van der Waals surface area contributed by atoms with Crippen molar-refractivity contribution < 1.29 is 19.3 Å². The number of aromatic nitrogens is 1. The molecule has 1 aromatic carbocycles. The maximum Gasteiger partial charge on any atom is 0.294 e. The number of imide groups is 1. The van der Waals surface area contributed by atoms with Crippen molar-refractivity contribution in [3.63, 3.8) is 0 Å². The Kier molecular flexibility index (Phi) is 6.81. The number of hydrogen-bond donors (Lipinski definition) is 0. The minimum absolute atomic E-state index is 0.0456. The first-order valence-corrected chi connectivity index (χ1v) is 12.0. The van der Waals surface area contributed by atoms with E-state index in [1.54, 1.807) is 17.0 Å². The molecule has 0 radical (unpaired) electrons. The molecule has 34 heavy (non-hydrogen) atoms. The van der Waals surface area contributed by atoms with Gasteiger partial charge in [0, 0.05) is 30.5 Å². The maximum atomic E-state index is 12.9. The van der Waals surface area contributed by atoms with Crippen LogP contribution in [0, 0.1) is 24.0 Å². The van der Waals surface area contributed by atoms with Crippen molar-refractivity contribution >= 4 is 52.2 Å². The highest BCUT2D eigenvalue weighted by Gasteiger charge is 2.37. The van der Waals surface area contributed by atoms with Crippen LogP contribution in [0.3, 0.4) is 0 Å². The van der Waals surface area contributed by atoms with Crippen molar-refractivity contribution in [1.29, 1.82) is 0 Å². The fourth-order valence-electron chi connectivity index (χ4n) is 4.27. The van der Waals surface area contributed by atoms with E-state index in [0.717, 1.165) is 47.3 Å². The topological polar surface area (TPSA) is 106 Å². The number of thioether (sulfide) groups is 1. The molecule has 4 rings (SSSR count). The molecular formula is C23H23ClN4O5S. The molecule has 0 atom stereocenters. The zero-order valence-corrected chi connectivity index (χ0v) is 20.3. The molecular weight excluding hydrogens is 480 g/mol. The van der Waals surface area contributed by atoms with Gasteiger partial charge in [-0.25, -0.2) is 0 Å². The summed E-state index contributed by atoms with van der Waals surface area (Å²) in [5, 5.41) is 10.9. The van der Waals surface area contributed by atoms with Crippen LogP contribution in [-0.4, -0.2) is 56.0 Å². The summed E-state index contributed by atoms with van der Waals surface area (Å²) in [5.41, 5.74) is 2.59. The Labute approximate surface area is 205 Å². The molecule has 3 heterocycles. The summed E-state index contributed by atoms with van der Waals surface area (Å²) in [7, 11) is 0. The molecule has 2 saturated heterocycles. The lowest BCUT2D eigenvalue weighted by Crippen LogP contribution is -2.44. The van der Waals surface area contributed by atoms with E-state index in [4.69, 9.17) is 11.6 Å². The van der Waals surface area contributed by atoms with Gasteiger partial charge in [-0.1, -0.05) is 11.6 Å². The number of aryl methyl sites for hydroxylation is 1. The molecule has 2 aromatic rings. The predicted octanol–water partition coefficient (Wildman–Crippen LogP) is 4.70. The highest BCUT2D eigenvalue weighted by molar-refractivity contribution is 8.18. The Bertz CT molecular complexity index is 1230.